The van der Waals surface area contributed by atoms with Gasteiger partial charge in [0.15, 0.2) is 0 Å². The molecule has 0 heterocycles. The zero-order valence-electron chi connectivity index (χ0n) is 6.96. The van der Waals surface area contributed by atoms with Crippen LogP contribution >= 0.6 is 0 Å². The molecule has 0 radical (unpaired) electrons. The zero-order chi connectivity index (χ0) is 8.85. The van der Waals surface area contributed by atoms with Gasteiger partial charge in [-0.15, -0.1) is 0 Å². The minimum absolute atomic E-state index is 0.231. The molecule has 0 rings (SSSR count). The highest BCUT2D eigenvalue weighted by Gasteiger charge is 2.15. The molecule has 0 aliphatic heterocycles. The third-order valence-electron chi connectivity index (χ3n) is 1.39. The first-order valence-electron chi connectivity index (χ1n) is 3.37. The molecule has 11 heavy (non-hydrogen) atoms. The van der Waals surface area contributed by atoms with Gasteiger partial charge in [-0.25, -0.2) is 0 Å². The molecule has 0 spiro atoms. The summed E-state index contributed by atoms with van der Waals surface area (Å²) < 4.78 is 4.86. The van der Waals surface area contributed by atoms with E-state index in [1.54, 1.807) is 6.92 Å². The van der Waals surface area contributed by atoms with Crippen molar-refractivity contribution in [2.75, 3.05) is 7.11 Å². The van der Waals surface area contributed by atoms with Crippen LogP contribution in [0.4, 0.5) is 0 Å². The normalized spacial score (nSPS) is 15.2. The van der Waals surface area contributed by atoms with Crippen molar-refractivity contribution in [3.05, 3.63) is 0 Å². The Bertz CT molecular complexity index is 147. The molecule has 0 aliphatic rings. The molecule has 1 amide bonds. The average Bonchev–Trinajstić information content (AvgIpc) is 1.98. The van der Waals surface area contributed by atoms with Crippen LogP contribution in [-0.4, -0.2) is 31.4 Å². The van der Waals surface area contributed by atoms with Gasteiger partial charge >= 0.3 is 0 Å². The van der Waals surface area contributed by atoms with Gasteiger partial charge in [-0.3, -0.25) is 4.79 Å². The van der Waals surface area contributed by atoms with Gasteiger partial charge in [-0.2, -0.15) is 0 Å². The van der Waals surface area contributed by atoms with Crippen molar-refractivity contribution in [2.45, 2.75) is 26.0 Å². The fourth-order valence-corrected chi connectivity index (χ4v) is 0.643. The summed E-state index contributed by atoms with van der Waals surface area (Å²) in [7, 11) is 1.49. The second-order valence-corrected chi connectivity index (χ2v) is 2.30. The van der Waals surface area contributed by atoms with Crippen molar-refractivity contribution in [1.29, 1.82) is 0 Å². The summed E-state index contributed by atoms with van der Waals surface area (Å²) in [5.74, 6) is -0.231. The highest BCUT2D eigenvalue weighted by molar-refractivity contribution is 5.77. The largest absolute Gasteiger partial charge is 0.379 e. The van der Waals surface area contributed by atoms with E-state index in [9.17, 15) is 9.59 Å². The molecule has 2 atom stereocenters. The molecule has 4 heteroatoms. The third kappa shape index (κ3) is 3.72. The maximum atomic E-state index is 10.5. The molecule has 0 saturated carbocycles. The van der Waals surface area contributed by atoms with E-state index in [1.807, 2.05) is 0 Å². The first-order chi connectivity index (χ1) is 5.11. The van der Waals surface area contributed by atoms with E-state index in [1.165, 1.54) is 14.0 Å². The summed E-state index contributed by atoms with van der Waals surface area (Å²) in [4.78, 5) is 20.9. The zero-order valence-corrected chi connectivity index (χ0v) is 6.96. The number of hydrogen-bond donors (Lipinski definition) is 1. The lowest BCUT2D eigenvalue weighted by Gasteiger charge is -2.17. The van der Waals surface area contributed by atoms with Crippen LogP contribution in [0, 0.1) is 0 Å². The van der Waals surface area contributed by atoms with E-state index in [0.717, 1.165) is 0 Å². The number of methoxy groups -OCH3 is 1. The van der Waals surface area contributed by atoms with Gasteiger partial charge in [0.25, 0.3) is 0 Å². The van der Waals surface area contributed by atoms with Gasteiger partial charge in [0.1, 0.15) is 12.3 Å². The van der Waals surface area contributed by atoms with Gasteiger partial charge in [0.2, 0.25) is 5.91 Å². The topological polar surface area (TPSA) is 55.4 Å². The lowest BCUT2D eigenvalue weighted by Crippen LogP contribution is -2.42. The molecule has 0 fully saturated rings. The second kappa shape index (κ2) is 4.85. The number of amides is 1. The van der Waals surface area contributed by atoms with Crippen molar-refractivity contribution < 1.29 is 14.3 Å². The summed E-state index contributed by atoms with van der Waals surface area (Å²) in [5.41, 5.74) is 0. The molecule has 64 valence electrons. The highest BCUT2D eigenvalue weighted by Crippen LogP contribution is 1.93. The van der Waals surface area contributed by atoms with Crippen LogP contribution in [0.2, 0.25) is 0 Å². The average molecular weight is 159 g/mol. The van der Waals surface area contributed by atoms with Gasteiger partial charge in [-0.05, 0) is 6.92 Å². The molecule has 1 N–H and O–H groups in total. The van der Waals surface area contributed by atoms with E-state index in [4.69, 9.17) is 4.74 Å². The van der Waals surface area contributed by atoms with Crippen LogP contribution in [0.1, 0.15) is 13.8 Å². The van der Waals surface area contributed by atoms with Gasteiger partial charge < -0.3 is 14.8 Å². The minimum Gasteiger partial charge on any atom is -0.379 e. The van der Waals surface area contributed by atoms with Crippen LogP contribution in [0.3, 0.4) is 0 Å². The lowest BCUT2D eigenvalue weighted by atomic mass is 10.2. The van der Waals surface area contributed by atoms with Crippen molar-refractivity contribution in [2.24, 2.45) is 0 Å². The van der Waals surface area contributed by atoms with E-state index in [-0.39, 0.29) is 12.0 Å². The molecular weight excluding hydrogens is 146 g/mol. The molecule has 4 nitrogen and oxygen atoms in total. The Hall–Kier alpha value is -0.900. The number of carbonyl (C=O) groups is 2. The Morgan fingerprint density at radius 3 is 2.45 bits per heavy atom. The van der Waals surface area contributed by atoms with Crippen LogP contribution in [0.25, 0.3) is 0 Å². The van der Waals surface area contributed by atoms with Crippen LogP contribution in [-0.2, 0) is 14.3 Å². The first kappa shape index (κ1) is 10.1. The number of nitrogens with one attached hydrogen (secondary N) is 1. The summed E-state index contributed by atoms with van der Waals surface area (Å²) in [5, 5.41) is 2.45. The third-order valence-corrected chi connectivity index (χ3v) is 1.39. The molecule has 0 aliphatic carbocycles. The van der Waals surface area contributed by atoms with Gasteiger partial charge in [0, 0.05) is 14.0 Å². The maximum absolute atomic E-state index is 10.5. The Kier molecular flexibility index (Phi) is 4.45. The SMILES string of the molecule is COC(C)C(C=O)NC(C)=O. The number of carbonyl (C=O) groups excluding carboxylic acids is 2. The Morgan fingerprint density at radius 1 is 1.64 bits per heavy atom. The first-order valence-corrected chi connectivity index (χ1v) is 3.37. The Labute approximate surface area is 65.9 Å². The van der Waals surface area contributed by atoms with E-state index < -0.39 is 6.04 Å². The number of ether oxygens (including phenoxy) is 1. The van der Waals surface area contributed by atoms with E-state index in [0.29, 0.717) is 6.29 Å². The summed E-state index contributed by atoms with van der Waals surface area (Å²) in [6.45, 7) is 3.08. The van der Waals surface area contributed by atoms with E-state index >= 15 is 0 Å². The van der Waals surface area contributed by atoms with Crippen molar-refractivity contribution >= 4 is 12.2 Å². The number of aldehydes is 1. The maximum Gasteiger partial charge on any atom is 0.217 e. The van der Waals surface area contributed by atoms with Gasteiger partial charge in [0.05, 0.1) is 6.10 Å². The molecule has 0 aromatic carbocycles. The molecule has 2 unspecified atom stereocenters. The van der Waals surface area contributed by atoms with E-state index in [2.05, 4.69) is 5.32 Å². The highest BCUT2D eigenvalue weighted by atomic mass is 16.5. The Balaban J connectivity index is 3.94. The van der Waals surface area contributed by atoms with Crippen molar-refractivity contribution in [3.63, 3.8) is 0 Å². The van der Waals surface area contributed by atoms with Crippen molar-refractivity contribution in [1.82, 2.24) is 5.32 Å². The summed E-state index contributed by atoms with van der Waals surface area (Å²) in [6.07, 6.45) is 0.381. The quantitative estimate of drug-likeness (QED) is 0.574. The Morgan fingerprint density at radius 2 is 2.18 bits per heavy atom. The smallest absolute Gasteiger partial charge is 0.217 e. The second-order valence-electron chi connectivity index (χ2n) is 2.30. The molecule has 0 aromatic heterocycles. The lowest BCUT2D eigenvalue weighted by molar-refractivity contribution is -0.124. The predicted molar refractivity (Wildman–Crippen MR) is 40.1 cm³/mol. The van der Waals surface area contributed by atoms with Crippen LogP contribution in [0.5, 0.6) is 0 Å². The van der Waals surface area contributed by atoms with Crippen LogP contribution < -0.4 is 5.32 Å². The molecule has 0 bridgehead atoms. The molecular formula is C7H13NO3. The fourth-order valence-electron chi connectivity index (χ4n) is 0.643. The predicted octanol–water partition coefficient (Wildman–Crippen LogP) is -0.275. The minimum atomic E-state index is -0.544. The van der Waals surface area contributed by atoms with Crippen LogP contribution in [0.15, 0.2) is 0 Å². The van der Waals surface area contributed by atoms with Gasteiger partial charge in [-0.1, -0.05) is 0 Å². The summed E-state index contributed by atoms with van der Waals surface area (Å²) >= 11 is 0. The summed E-state index contributed by atoms with van der Waals surface area (Å²) in [6, 6.07) is -0.544. The number of rotatable bonds is 4. The fraction of sp³-hybridized carbons (Fsp3) is 0.714. The molecule has 0 aromatic rings. The number of hydrogen-bond acceptors (Lipinski definition) is 3. The molecule has 0 saturated heterocycles. The standard InChI is InChI=1S/C7H13NO3/c1-5(11-3)7(4-9)8-6(2)10/h4-5,7H,1-3H3,(H,8,10). The van der Waals surface area contributed by atoms with Crippen molar-refractivity contribution in [3.8, 4) is 0 Å². The monoisotopic (exact) mass is 159 g/mol.